The average Bonchev–Trinajstić information content (AvgIpc) is 3.10. The molecule has 0 aliphatic heterocycles. The molecule has 0 saturated heterocycles. The van der Waals surface area contributed by atoms with Crippen LogP contribution in [0.5, 0.6) is 0 Å². The van der Waals surface area contributed by atoms with Crippen molar-refractivity contribution in [3.05, 3.63) is 27.5 Å². The molecule has 1 aliphatic rings. The van der Waals surface area contributed by atoms with E-state index in [-0.39, 0.29) is 18.0 Å². The number of hydrogen-bond acceptors (Lipinski definition) is 5. The van der Waals surface area contributed by atoms with Gasteiger partial charge in [-0.3, -0.25) is 4.79 Å². The third-order valence-electron chi connectivity index (χ3n) is 3.66. The van der Waals surface area contributed by atoms with Gasteiger partial charge in [0.2, 0.25) is 0 Å². The number of nitrogens with two attached hydrogens (primary N) is 1. The molecule has 7 heteroatoms. The molecule has 2 heterocycles. The van der Waals surface area contributed by atoms with Crippen LogP contribution in [0.1, 0.15) is 36.2 Å². The van der Waals surface area contributed by atoms with E-state index in [1.165, 1.54) is 22.7 Å². The second-order valence-electron chi connectivity index (χ2n) is 5.17. The van der Waals surface area contributed by atoms with Crippen LogP contribution in [0.15, 0.2) is 17.5 Å². The van der Waals surface area contributed by atoms with Crippen molar-refractivity contribution in [1.29, 1.82) is 0 Å². The van der Waals surface area contributed by atoms with Crippen LogP contribution >= 0.6 is 34.3 Å². The van der Waals surface area contributed by atoms with E-state index >= 15 is 0 Å². The Morgan fingerprint density at radius 1 is 1.38 bits per heavy atom. The minimum Gasteiger partial charge on any atom is -0.346 e. The van der Waals surface area contributed by atoms with Crippen molar-refractivity contribution in [3.63, 3.8) is 0 Å². The molecular formula is C14H16ClN3OS2. The van der Waals surface area contributed by atoms with Crippen LogP contribution < -0.4 is 11.1 Å². The number of halogens is 1. The Labute approximate surface area is 136 Å². The Morgan fingerprint density at radius 3 is 2.90 bits per heavy atom. The highest BCUT2D eigenvalue weighted by molar-refractivity contribution is 7.23. The highest BCUT2D eigenvalue weighted by Gasteiger charge is 2.24. The molecule has 2 aromatic heterocycles. The summed E-state index contributed by atoms with van der Waals surface area (Å²) in [5.41, 5.74) is 6.51. The molecule has 0 spiro atoms. The maximum Gasteiger partial charge on any atom is 0.271 e. The fraction of sp³-hybridized carbons (Fsp3) is 0.429. The zero-order valence-corrected chi connectivity index (χ0v) is 13.7. The highest BCUT2D eigenvalue weighted by Crippen LogP contribution is 2.32. The molecule has 0 radical (unpaired) electrons. The molecular weight excluding hydrogens is 326 g/mol. The van der Waals surface area contributed by atoms with Crippen LogP contribution in [0.25, 0.3) is 9.88 Å². The van der Waals surface area contributed by atoms with Crippen molar-refractivity contribution in [2.24, 2.45) is 5.73 Å². The summed E-state index contributed by atoms with van der Waals surface area (Å²) in [5, 5.41) is 5.62. The lowest BCUT2D eigenvalue weighted by Gasteiger charge is -2.28. The first kappa shape index (κ1) is 15.0. The van der Waals surface area contributed by atoms with E-state index in [1.54, 1.807) is 5.38 Å². The van der Waals surface area contributed by atoms with Gasteiger partial charge in [-0.15, -0.1) is 22.7 Å². The van der Waals surface area contributed by atoms with Gasteiger partial charge in [0.25, 0.3) is 5.91 Å². The monoisotopic (exact) mass is 341 g/mol. The third kappa shape index (κ3) is 3.45. The average molecular weight is 342 g/mol. The molecule has 4 nitrogen and oxygen atoms in total. The van der Waals surface area contributed by atoms with E-state index in [9.17, 15) is 4.79 Å². The summed E-state index contributed by atoms with van der Waals surface area (Å²) in [6.07, 6.45) is 4.19. The lowest BCUT2D eigenvalue weighted by molar-refractivity contribution is 0.0917. The molecule has 112 valence electrons. The van der Waals surface area contributed by atoms with Crippen LogP contribution in [0.2, 0.25) is 4.34 Å². The predicted octanol–water partition coefficient (Wildman–Crippen LogP) is 3.52. The van der Waals surface area contributed by atoms with Gasteiger partial charge in [0.15, 0.2) is 0 Å². The van der Waals surface area contributed by atoms with Gasteiger partial charge in [-0.2, -0.15) is 0 Å². The number of carbonyl (C=O) groups is 1. The first-order valence-electron chi connectivity index (χ1n) is 6.91. The van der Waals surface area contributed by atoms with Crippen LogP contribution in [0.4, 0.5) is 0 Å². The van der Waals surface area contributed by atoms with Crippen LogP contribution in [0, 0.1) is 0 Å². The number of aromatic nitrogens is 1. The van der Waals surface area contributed by atoms with Crippen molar-refractivity contribution in [2.75, 3.05) is 0 Å². The zero-order valence-electron chi connectivity index (χ0n) is 11.3. The van der Waals surface area contributed by atoms with E-state index < -0.39 is 0 Å². The standard InChI is InChI=1S/C14H16ClN3OS2/c15-12-6-5-11(21-12)14-18-10(7-20-14)13(19)17-9-4-2-1-3-8(9)16/h5-9H,1-4,16H2,(H,17,19)/t8-,9-/m1/s1. The summed E-state index contributed by atoms with van der Waals surface area (Å²) < 4.78 is 0.722. The van der Waals surface area contributed by atoms with Gasteiger partial charge in [0.1, 0.15) is 10.7 Å². The van der Waals surface area contributed by atoms with E-state index in [4.69, 9.17) is 17.3 Å². The topological polar surface area (TPSA) is 68.0 Å². The van der Waals surface area contributed by atoms with Crippen LogP contribution in [-0.2, 0) is 0 Å². The summed E-state index contributed by atoms with van der Waals surface area (Å²) >= 11 is 8.85. The number of nitrogens with zero attached hydrogens (tertiary/aromatic N) is 1. The molecule has 0 bridgehead atoms. The zero-order chi connectivity index (χ0) is 14.8. The molecule has 2 atom stereocenters. The van der Waals surface area contributed by atoms with Gasteiger partial charge in [0, 0.05) is 17.5 Å². The molecule has 1 saturated carbocycles. The van der Waals surface area contributed by atoms with Crippen molar-refractivity contribution in [1.82, 2.24) is 10.3 Å². The van der Waals surface area contributed by atoms with Crippen molar-refractivity contribution < 1.29 is 4.79 Å². The SMILES string of the molecule is N[C@@H]1CCCC[C@H]1NC(=O)c1csc(-c2ccc(Cl)s2)n1. The van der Waals surface area contributed by atoms with Gasteiger partial charge >= 0.3 is 0 Å². The smallest absolute Gasteiger partial charge is 0.271 e. The Hall–Kier alpha value is -0.950. The molecule has 0 aromatic carbocycles. The summed E-state index contributed by atoms with van der Waals surface area (Å²) in [6, 6.07) is 3.87. The van der Waals surface area contributed by atoms with Crippen molar-refractivity contribution in [2.45, 2.75) is 37.8 Å². The maximum atomic E-state index is 12.3. The van der Waals surface area contributed by atoms with E-state index in [1.807, 2.05) is 12.1 Å². The Morgan fingerprint density at radius 2 is 2.19 bits per heavy atom. The minimum atomic E-state index is -0.137. The number of amides is 1. The number of thiophene rings is 1. The molecule has 21 heavy (non-hydrogen) atoms. The Bertz CT molecular complexity index is 640. The van der Waals surface area contributed by atoms with E-state index in [2.05, 4.69) is 10.3 Å². The largest absolute Gasteiger partial charge is 0.346 e. The summed E-state index contributed by atoms with van der Waals surface area (Å²) in [4.78, 5) is 17.6. The number of thiazole rings is 1. The number of nitrogens with one attached hydrogen (secondary N) is 1. The van der Waals surface area contributed by atoms with Crippen LogP contribution in [0.3, 0.4) is 0 Å². The molecule has 1 fully saturated rings. The third-order valence-corrected chi connectivity index (χ3v) is 5.90. The lowest BCUT2D eigenvalue weighted by Crippen LogP contribution is -2.49. The normalized spacial score (nSPS) is 22.2. The van der Waals surface area contributed by atoms with Gasteiger partial charge < -0.3 is 11.1 Å². The predicted molar refractivity (Wildman–Crippen MR) is 88.1 cm³/mol. The number of carbonyl (C=O) groups excluding carboxylic acids is 1. The molecule has 0 unspecified atom stereocenters. The van der Waals surface area contributed by atoms with Gasteiger partial charge in [-0.1, -0.05) is 24.4 Å². The number of hydrogen-bond donors (Lipinski definition) is 2. The number of rotatable bonds is 3. The Balaban J connectivity index is 1.69. The van der Waals surface area contributed by atoms with Gasteiger partial charge in [-0.05, 0) is 25.0 Å². The quantitative estimate of drug-likeness (QED) is 0.897. The van der Waals surface area contributed by atoms with Gasteiger partial charge in [0.05, 0.1) is 9.21 Å². The summed E-state index contributed by atoms with van der Waals surface area (Å²) in [5.74, 6) is -0.137. The van der Waals surface area contributed by atoms with Crippen molar-refractivity contribution >= 4 is 40.2 Å². The lowest BCUT2D eigenvalue weighted by atomic mass is 9.91. The minimum absolute atomic E-state index is 0.0527. The summed E-state index contributed by atoms with van der Waals surface area (Å²) in [7, 11) is 0. The second-order valence-corrected chi connectivity index (χ2v) is 7.74. The fourth-order valence-electron chi connectivity index (χ4n) is 2.50. The molecule has 3 N–H and O–H groups in total. The van der Waals surface area contributed by atoms with Crippen molar-refractivity contribution in [3.8, 4) is 9.88 Å². The second kappa shape index (κ2) is 6.44. The van der Waals surface area contributed by atoms with Crippen LogP contribution in [-0.4, -0.2) is 23.0 Å². The molecule has 3 rings (SSSR count). The van der Waals surface area contributed by atoms with E-state index in [0.717, 1.165) is 39.9 Å². The molecule has 1 amide bonds. The first-order chi connectivity index (χ1) is 10.1. The van der Waals surface area contributed by atoms with Gasteiger partial charge in [-0.25, -0.2) is 4.98 Å². The van der Waals surface area contributed by atoms with E-state index in [0.29, 0.717) is 5.69 Å². The maximum absolute atomic E-state index is 12.3. The molecule has 2 aromatic rings. The first-order valence-corrected chi connectivity index (χ1v) is 8.98. The molecule has 1 aliphatic carbocycles. The fourth-order valence-corrected chi connectivity index (χ4v) is 4.42. The Kier molecular flexibility index (Phi) is 4.59. The summed E-state index contributed by atoms with van der Waals surface area (Å²) in [6.45, 7) is 0. The highest BCUT2D eigenvalue weighted by atomic mass is 35.5.